The van der Waals surface area contributed by atoms with Gasteiger partial charge in [-0.15, -0.1) is 0 Å². The van der Waals surface area contributed by atoms with Gasteiger partial charge in [0.1, 0.15) is 10.6 Å². The van der Waals surface area contributed by atoms with E-state index in [4.69, 9.17) is 4.74 Å². The van der Waals surface area contributed by atoms with Gasteiger partial charge in [-0.2, -0.15) is 0 Å². The van der Waals surface area contributed by atoms with Crippen LogP contribution in [0.1, 0.15) is 35.7 Å². The molecule has 0 aromatic heterocycles. The molecular weight excluding hydrogens is 376 g/mol. The number of amides is 1. The van der Waals surface area contributed by atoms with Crippen molar-refractivity contribution in [2.24, 2.45) is 0 Å². The number of likely N-dealkylation sites (N-methyl/N-ethyl adjacent to an activating group) is 1. The van der Waals surface area contributed by atoms with Gasteiger partial charge in [-0.05, 0) is 49.9 Å². The maximum absolute atomic E-state index is 13.0. The Morgan fingerprint density at radius 2 is 1.89 bits per heavy atom. The highest BCUT2D eigenvalue weighted by molar-refractivity contribution is 7.89. The van der Waals surface area contributed by atoms with Crippen LogP contribution in [0.5, 0.6) is 5.75 Å². The van der Waals surface area contributed by atoms with E-state index in [0.717, 1.165) is 24.8 Å². The van der Waals surface area contributed by atoms with Crippen molar-refractivity contribution in [2.75, 3.05) is 20.2 Å². The Morgan fingerprint density at radius 3 is 2.50 bits per heavy atom. The van der Waals surface area contributed by atoms with E-state index in [0.29, 0.717) is 18.7 Å². The molecule has 28 heavy (non-hydrogen) atoms. The zero-order valence-corrected chi connectivity index (χ0v) is 17.0. The highest BCUT2D eigenvalue weighted by atomic mass is 32.2. The second kappa shape index (κ2) is 8.75. The number of methoxy groups -OCH3 is 1. The third-order valence-corrected chi connectivity index (χ3v) is 6.32. The first-order valence-electron chi connectivity index (χ1n) is 9.48. The number of rotatable bonds is 9. The number of nitrogens with zero attached hydrogens (tertiary/aromatic N) is 1. The summed E-state index contributed by atoms with van der Waals surface area (Å²) in [4.78, 5) is 14.7. The van der Waals surface area contributed by atoms with E-state index in [-0.39, 0.29) is 22.6 Å². The number of carbonyl (C=O) groups is 1. The maximum Gasteiger partial charge on any atom is 0.253 e. The van der Waals surface area contributed by atoms with Crippen molar-refractivity contribution in [2.45, 2.75) is 37.1 Å². The summed E-state index contributed by atoms with van der Waals surface area (Å²) in [5.74, 6) is 0.0426. The van der Waals surface area contributed by atoms with Crippen molar-refractivity contribution in [3.05, 3.63) is 59.7 Å². The number of sulfonamides is 1. The normalized spacial score (nSPS) is 13.9. The number of benzene rings is 2. The summed E-state index contributed by atoms with van der Waals surface area (Å²) in [5.41, 5.74) is 1.49. The van der Waals surface area contributed by atoms with E-state index in [1.807, 2.05) is 37.3 Å². The number of carbonyl (C=O) groups excluding carboxylic acids is 1. The van der Waals surface area contributed by atoms with Crippen molar-refractivity contribution < 1.29 is 17.9 Å². The van der Waals surface area contributed by atoms with Crippen LogP contribution in [-0.4, -0.2) is 45.5 Å². The van der Waals surface area contributed by atoms with Crippen molar-refractivity contribution >= 4 is 15.9 Å². The zero-order chi connectivity index (χ0) is 20.1. The van der Waals surface area contributed by atoms with Gasteiger partial charge in [0, 0.05) is 24.7 Å². The summed E-state index contributed by atoms with van der Waals surface area (Å²) in [6.07, 6.45) is 2.41. The molecule has 2 aromatic carbocycles. The second-order valence-corrected chi connectivity index (χ2v) is 8.56. The maximum atomic E-state index is 13.0. The minimum atomic E-state index is -3.73. The lowest BCUT2D eigenvalue weighted by Crippen LogP contribution is -2.33. The van der Waals surface area contributed by atoms with Crippen molar-refractivity contribution in [1.82, 2.24) is 9.62 Å². The second-order valence-electron chi connectivity index (χ2n) is 6.88. The van der Waals surface area contributed by atoms with E-state index >= 15 is 0 Å². The predicted octanol–water partition coefficient (Wildman–Crippen LogP) is 2.84. The number of hydrogen-bond acceptors (Lipinski definition) is 4. The summed E-state index contributed by atoms with van der Waals surface area (Å²) in [6, 6.07) is 14.5. The fourth-order valence-electron chi connectivity index (χ4n) is 3.00. The molecule has 0 aliphatic heterocycles. The number of nitrogens with one attached hydrogen (secondary N) is 1. The molecule has 0 unspecified atom stereocenters. The third kappa shape index (κ3) is 4.91. The van der Waals surface area contributed by atoms with Gasteiger partial charge in [0.25, 0.3) is 5.91 Å². The van der Waals surface area contributed by atoms with Crippen LogP contribution in [0.3, 0.4) is 0 Å². The first-order chi connectivity index (χ1) is 13.4. The summed E-state index contributed by atoms with van der Waals surface area (Å²) in [5, 5.41) is 0. The van der Waals surface area contributed by atoms with Gasteiger partial charge >= 0.3 is 0 Å². The third-order valence-electron chi connectivity index (χ3n) is 4.78. The molecule has 1 N–H and O–H groups in total. The molecule has 7 heteroatoms. The van der Waals surface area contributed by atoms with Crippen LogP contribution in [0, 0.1) is 0 Å². The van der Waals surface area contributed by atoms with Gasteiger partial charge in [0.2, 0.25) is 10.0 Å². The van der Waals surface area contributed by atoms with Gasteiger partial charge in [-0.25, -0.2) is 13.1 Å². The highest BCUT2D eigenvalue weighted by Gasteiger charge is 2.30. The fraction of sp³-hybridized carbons (Fsp3) is 0.381. The Morgan fingerprint density at radius 1 is 1.18 bits per heavy atom. The van der Waals surface area contributed by atoms with E-state index < -0.39 is 10.0 Å². The molecule has 1 saturated carbocycles. The Kier molecular flexibility index (Phi) is 6.36. The van der Waals surface area contributed by atoms with Crippen LogP contribution in [0.15, 0.2) is 53.4 Å². The average molecular weight is 403 g/mol. The molecular formula is C21H26N2O4S. The van der Waals surface area contributed by atoms with E-state index in [1.54, 1.807) is 17.0 Å². The standard InChI is InChI=1S/C21H26N2O4S/c1-3-23(14-13-16-7-5-4-6-8-16)21(24)17-9-12-19(27-2)20(15-17)28(25,26)22-18-10-11-18/h4-9,12,15,18,22H,3,10-11,13-14H2,1-2H3. The Balaban J connectivity index is 1.80. The smallest absolute Gasteiger partial charge is 0.253 e. The lowest BCUT2D eigenvalue weighted by atomic mass is 10.1. The molecule has 3 rings (SSSR count). The number of hydrogen-bond donors (Lipinski definition) is 1. The SMILES string of the molecule is CCN(CCc1ccccc1)C(=O)c1ccc(OC)c(S(=O)(=O)NC2CC2)c1. The minimum absolute atomic E-state index is 0.00635. The van der Waals surface area contributed by atoms with Crippen LogP contribution >= 0.6 is 0 Å². The van der Waals surface area contributed by atoms with E-state index in [1.165, 1.54) is 13.2 Å². The first-order valence-corrected chi connectivity index (χ1v) is 11.0. The van der Waals surface area contributed by atoms with Crippen molar-refractivity contribution in [1.29, 1.82) is 0 Å². The van der Waals surface area contributed by atoms with Gasteiger partial charge < -0.3 is 9.64 Å². The monoisotopic (exact) mass is 402 g/mol. The molecule has 0 spiro atoms. The molecule has 0 heterocycles. The lowest BCUT2D eigenvalue weighted by molar-refractivity contribution is 0.0766. The molecule has 0 atom stereocenters. The summed E-state index contributed by atoms with van der Waals surface area (Å²) < 4.78 is 33.2. The molecule has 1 amide bonds. The van der Waals surface area contributed by atoms with Crippen LogP contribution in [-0.2, 0) is 16.4 Å². The molecule has 1 fully saturated rings. The summed E-state index contributed by atoms with van der Waals surface area (Å²) >= 11 is 0. The van der Waals surface area contributed by atoms with Crippen LogP contribution in [0.25, 0.3) is 0 Å². The molecule has 150 valence electrons. The van der Waals surface area contributed by atoms with Crippen LogP contribution in [0.4, 0.5) is 0 Å². The average Bonchev–Trinajstić information content (AvgIpc) is 3.52. The molecule has 1 aliphatic rings. The topological polar surface area (TPSA) is 75.7 Å². The molecule has 1 aliphatic carbocycles. The largest absolute Gasteiger partial charge is 0.495 e. The van der Waals surface area contributed by atoms with Gasteiger partial charge in [-0.3, -0.25) is 4.79 Å². The summed E-state index contributed by atoms with van der Waals surface area (Å²) in [7, 11) is -2.31. The molecule has 0 bridgehead atoms. The highest BCUT2D eigenvalue weighted by Crippen LogP contribution is 2.28. The van der Waals surface area contributed by atoms with Crippen LogP contribution in [0.2, 0.25) is 0 Å². The molecule has 2 aromatic rings. The van der Waals surface area contributed by atoms with E-state index in [9.17, 15) is 13.2 Å². The Labute approximate surface area is 166 Å². The van der Waals surface area contributed by atoms with E-state index in [2.05, 4.69) is 4.72 Å². The quantitative estimate of drug-likeness (QED) is 0.700. The van der Waals surface area contributed by atoms with Gasteiger partial charge in [0.05, 0.1) is 7.11 Å². The Hall–Kier alpha value is -2.38. The van der Waals surface area contributed by atoms with Crippen molar-refractivity contribution in [3.63, 3.8) is 0 Å². The fourth-order valence-corrected chi connectivity index (χ4v) is 4.50. The summed E-state index contributed by atoms with van der Waals surface area (Å²) in [6.45, 7) is 3.02. The van der Waals surface area contributed by atoms with Gasteiger partial charge in [0.15, 0.2) is 0 Å². The van der Waals surface area contributed by atoms with Gasteiger partial charge in [-0.1, -0.05) is 30.3 Å². The van der Waals surface area contributed by atoms with Crippen molar-refractivity contribution in [3.8, 4) is 5.75 Å². The molecule has 0 radical (unpaired) electrons. The number of ether oxygens (including phenoxy) is 1. The zero-order valence-electron chi connectivity index (χ0n) is 16.2. The lowest BCUT2D eigenvalue weighted by Gasteiger charge is -2.22. The first kappa shape index (κ1) is 20.4. The molecule has 6 nitrogen and oxygen atoms in total. The predicted molar refractivity (Wildman–Crippen MR) is 108 cm³/mol. The minimum Gasteiger partial charge on any atom is -0.495 e. The molecule has 0 saturated heterocycles. The Bertz CT molecular complexity index is 925. The van der Waals surface area contributed by atoms with Crippen LogP contribution < -0.4 is 9.46 Å².